The summed E-state index contributed by atoms with van der Waals surface area (Å²) in [5.41, 5.74) is 6.57. The third kappa shape index (κ3) is 2.86. The fourth-order valence-corrected chi connectivity index (χ4v) is 2.04. The number of ether oxygens (including phenoxy) is 2. The molecule has 0 fully saturated rings. The minimum atomic E-state index is 0.665. The van der Waals surface area contributed by atoms with Crippen LogP contribution in [-0.4, -0.2) is 20.8 Å². The van der Waals surface area contributed by atoms with Gasteiger partial charge in [0.1, 0.15) is 11.5 Å². The van der Waals surface area contributed by atoms with Gasteiger partial charge in [0.15, 0.2) is 0 Å². The molecule has 0 heterocycles. The number of hydrogen-bond acceptors (Lipinski definition) is 3. The number of methoxy groups -OCH3 is 2. The van der Waals surface area contributed by atoms with Gasteiger partial charge in [0, 0.05) is 5.56 Å². The lowest BCUT2D eigenvalue weighted by Gasteiger charge is -2.14. The molecule has 1 aromatic rings. The van der Waals surface area contributed by atoms with Crippen LogP contribution >= 0.6 is 15.9 Å². The molecule has 3 nitrogen and oxygen atoms in total. The maximum Gasteiger partial charge on any atom is 0.139 e. The maximum absolute atomic E-state index is 5.50. The predicted molar refractivity (Wildman–Crippen MR) is 64.6 cm³/mol. The van der Waals surface area contributed by atoms with E-state index in [1.807, 2.05) is 12.1 Å². The van der Waals surface area contributed by atoms with Crippen LogP contribution in [0.5, 0.6) is 11.5 Å². The van der Waals surface area contributed by atoms with Crippen LogP contribution < -0.4 is 15.2 Å². The van der Waals surface area contributed by atoms with E-state index < -0.39 is 0 Å². The number of hydrogen-bond donors (Lipinski definition) is 1. The first-order valence-electron chi connectivity index (χ1n) is 4.84. The molecule has 2 N–H and O–H groups in total. The molecule has 0 amide bonds. The second-order valence-corrected chi connectivity index (χ2v) is 4.01. The number of halogens is 1. The van der Waals surface area contributed by atoms with Crippen molar-refractivity contribution in [2.24, 2.45) is 5.73 Å². The molecule has 0 bridgehead atoms. The highest BCUT2D eigenvalue weighted by Gasteiger charge is 2.12. The maximum atomic E-state index is 5.50. The first-order chi connectivity index (χ1) is 7.24. The molecule has 0 atom stereocenters. The zero-order chi connectivity index (χ0) is 11.3. The molecule has 84 valence electrons. The van der Waals surface area contributed by atoms with Gasteiger partial charge < -0.3 is 15.2 Å². The van der Waals surface area contributed by atoms with Gasteiger partial charge in [0.05, 0.1) is 18.7 Å². The van der Waals surface area contributed by atoms with E-state index in [0.29, 0.717) is 6.54 Å². The summed E-state index contributed by atoms with van der Waals surface area (Å²) >= 11 is 3.45. The van der Waals surface area contributed by atoms with Crippen molar-refractivity contribution in [1.82, 2.24) is 0 Å². The molecule has 0 saturated heterocycles. The summed E-state index contributed by atoms with van der Waals surface area (Å²) < 4.78 is 11.6. The van der Waals surface area contributed by atoms with Gasteiger partial charge in [0.25, 0.3) is 0 Å². The third-order valence-electron chi connectivity index (χ3n) is 2.22. The third-order valence-corrected chi connectivity index (χ3v) is 2.85. The first-order valence-corrected chi connectivity index (χ1v) is 5.63. The summed E-state index contributed by atoms with van der Waals surface area (Å²) in [4.78, 5) is 0. The Bertz CT molecular complexity index is 329. The second kappa shape index (κ2) is 5.98. The van der Waals surface area contributed by atoms with Crippen molar-refractivity contribution >= 4 is 15.9 Å². The van der Waals surface area contributed by atoms with Gasteiger partial charge >= 0.3 is 0 Å². The van der Waals surface area contributed by atoms with E-state index in [1.165, 1.54) is 0 Å². The predicted octanol–water partition coefficient (Wildman–Crippen LogP) is 2.36. The lowest BCUT2D eigenvalue weighted by atomic mass is 10.1. The van der Waals surface area contributed by atoms with Gasteiger partial charge in [-0.3, -0.25) is 0 Å². The summed E-state index contributed by atoms with van der Waals surface area (Å²) in [5, 5.41) is 0. The lowest BCUT2D eigenvalue weighted by molar-refractivity contribution is 0.383. The Morgan fingerprint density at radius 2 is 2.00 bits per heavy atom. The van der Waals surface area contributed by atoms with Crippen molar-refractivity contribution in [2.75, 3.05) is 20.8 Å². The Morgan fingerprint density at radius 1 is 1.27 bits per heavy atom. The van der Waals surface area contributed by atoms with E-state index in [-0.39, 0.29) is 0 Å². The van der Waals surface area contributed by atoms with E-state index in [1.54, 1.807) is 14.2 Å². The van der Waals surface area contributed by atoms with Gasteiger partial charge in [-0.15, -0.1) is 0 Å². The highest BCUT2D eigenvalue weighted by atomic mass is 79.9. The normalized spacial score (nSPS) is 10.1. The Hall–Kier alpha value is -0.740. The Labute approximate surface area is 98.7 Å². The summed E-state index contributed by atoms with van der Waals surface area (Å²) in [6.45, 7) is 0.665. The zero-order valence-electron chi connectivity index (χ0n) is 9.05. The van der Waals surface area contributed by atoms with Crippen molar-refractivity contribution in [2.45, 2.75) is 12.8 Å². The average molecular weight is 274 g/mol. The summed E-state index contributed by atoms with van der Waals surface area (Å²) in [6, 6.07) is 3.85. The quantitative estimate of drug-likeness (QED) is 0.896. The van der Waals surface area contributed by atoms with Crippen molar-refractivity contribution in [3.05, 3.63) is 22.2 Å². The van der Waals surface area contributed by atoms with Gasteiger partial charge in [-0.1, -0.05) is 0 Å². The van der Waals surface area contributed by atoms with Gasteiger partial charge in [-0.05, 0) is 47.4 Å². The number of nitrogens with two attached hydrogens (primary N) is 1. The Morgan fingerprint density at radius 3 is 2.53 bits per heavy atom. The van der Waals surface area contributed by atoms with E-state index in [2.05, 4.69) is 15.9 Å². The Balaban J connectivity index is 3.09. The molecule has 0 aromatic heterocycles. The fourth-order valence-electron chi connectivity index (χ4n) is 1.51. The van der Waals surface area contributed by atoms with E-state index in [9.17, 15) is 0 Å². The van der Waals surface area contributed by atoms with Crippen LogP contribution in [0.15, 0.2) is 16.6 Å². The van der Waals surface area contributed by atoms with Gasteiger partial charge in [0.2, 0.25) is 0 Å². The topological polar surface area (TPSA) is 44.5 Å². The fraction of sp³-hybridized carbons (Fsp3) is 0.455. The molecule has 0 radical (unpaired) electrons. The van der Waals surface area contributed by atoms with Crippen LogP contribution in [-0.2, 0) is 6.42 Å². The van der Waals surface area contributed by atoms with Crippen LogP contribution in [0.2, 0.25) is 0 Å². The smallest absolute Gasteiger partial charge is 0.139 e. The van der Waals surface area contributed by atoms with Crippen LogP contribution in [0.3, 0.4) is 0 Å². The molecule has 1 aromatic carbocycles. The van der Waals surface area contributed by atoms with E-state index in [0.717, 1.165) is 34.4 Å². The van der Waals surface area contributed by atoms with Crippen LogP contribution in [0.1, 0.15) is 12.0 Å². The molecular weight excluding hydrogens is 258 g/mol. The molecule has 0 unspecified atom stereocenters. The monoisotopic (exact) mass is 273 g/mol. The van der Waals surface area contributed by atoms with Gasteiger partial charge in [-0.2, -0.15) is 0 Å². The lowest BCUT2D eigenvalue weighted by Crippen LogP contribution is -2.03. The molecule has 15 heavy (non-hydrogen) atoms. The van der Waals surface area contributed by atoms with Crippen LogP contribution in [0, 0.1) is 0 Å². The standard InChI is InChI=1S/C11H16BrNO2/c1-14-10-6-5-9(12)11(15-2)8(10)4-3-7-13/h5-6H,3-4,7,13H2,1-2H3. The highest BCUT2D eigenvalue weighted by Crippen LogP contribution is 2.36. The first kappa shape index (κ1) is 12.3. The van der Waals surface area contributed by atoms with Crippen molar-refractivity contribution in [1.29, 1.82) is 0 Å². The molecule has 0 spiro atoms. The van der Waals surface area contributed by atoms with Crippen LogP contribution in [0.4, 0.5) is 0 Å². The SMILES string of the molecule is COc1ccc(Br)c(OC)c1CCCN. The van der Waals surface area contributed by atoms with Crippen molar-refractivity contribution < 1.29 is 9.47 Å². The van der Waals surface area contributed by atoms with Crippen molar-refractivity contribution in [3.8, 4) is 11.5 Å². The largest absolute Gasteiger partial charge is 0.496 e. The second-order valence-electron chi connectivity index (χ2n) is 3.15. The number of rotatable bonds is 5. The summed E-state index contributed by atoms with van der Waals surface area (Å²) in [7, 11) is 3.32. The Kier molecular flexibility index (Phi) is 4.91. The molecule has 4 heteroatoms. The minimum absolute atomic E-state index is 0.665. The summed E-state index contributed by atoms with van der Waals surface area (Å²) in [6.07, 6.45) is 1.78. The molecule has 1 rings (SSSR count). The van der Waals surface area contributed by atoms with E-state index >= 15 is 0 Å². The zero-order valence-corrected chi connectivity index (χ0v) is 10.6. The summed E-state index contributed by atoms with van der Waals surface area (Å²) in [5.74, 6) is 1.69. The van der Waals surface area contributed by atoms with Crippen molar-refractivity contribution in [3.63, 3.8) is 0 Å². The molecule has 0 aliphatic heterocycles. The molecular formula is C11H16BrNO2. The molecule has 0 aliphatic carbocycles. The average Bonchev–Trinajstić information content (AvgIpc) is 2.26. The molecule has 0 saturated carbocycles. The molecule has 0 aliphatic rings. The van der Waals surface area contributed by atoms with E-state index in [4.69, 9.17) is 15.2 Å². The van der Waals surface area contributed by atoms with Gasteiger partial charge in [-0.25, -0.2) is 0 Å². The highest BCUT2D eigenvalue weighted by molar-refractivity contribution is 9.10. The van der Waals surface area contributed by atoms with Crippen LogP contribution in [0.25, 0.3) is 0 Å². The minimum Gasteiger partial charge on any atom is -0.496 e. The number of benzene rings is 1.